The molecule has 3 N–H and O–H groups in total. The van der Waals surface area contributed by atoms with Gasteiger partial charge in [-0.15, -0.1) is 0 Å². The van der Waals surface area contributed by atoms with E-state index in [1.165, 1.54) is 17.6 Å². The minimum absolute atomic E-state index is 0.425. The molecule has 3 aromatic rings. The van der Waals surface area contributed by atoms with Crippen molar-refractivity contribution in [3.8, 4) is 0 Å². The third kappa shape index (κ3) is 2.48. The molecule has 7 heteroatoms. The van der Waals surface area contributed by atoms with Gasteiger partial charge in [-0.25, -0.2) is 15.0 Å². The van der Waals surface area contributed by atoms with Crippen LogP contribution in [0.15, 0.2) is 24.7 Å². The van der Waals surface area contributed by atoms with E-state index in [-0.39, 0.29) is 0 Å². The molecule has 1 aliphatic rings. The van der Waals surface area contributed by atoms with E-state index < -0.39 is 0 Å². The minimum atomic E-state index is 0.425. The van der Waals surface area contributed by atoms with Gasteiger partial charge in [0.05, 0.1) is 11.2 Å². The van der Waals surface area contributed by atoms with Crippen LogP contribution >= 0.6 is 0 Å². The standard InChI is InChI=1S/C16H19N7/c1-10-7-20-22-14(10)11-3-2-6-23(8-11)13-5-4-12-15(21-13)16(17)19-9-18-12/h4-5,7,9,11H,2-3,6,8H2,1H3,(H,20,22)(H2,17,18,19). The molecule has 0 amide bonds. The summed E-state index contributed by atoms with van der Waals surface area (Å²) in [6, 6.07) is 3.97. The molecule has 4 heterocycles. The number of pyridine rings is 1. The number of nitrogen functional groups attached to an aromatic ring is 1. The van der Waals surface area contributed by atoms with E-state index in [1.807, 2.05) is 18.3 Å². The number of fused-ring (bicyclic) bond motifs is 1. The molecule has 7 nitrogen and oxygen atoms in total. The molecule has 0 aromatic carbocycles. The highest BCUT2D eigenvalue weighted by Gasteiger charge is 2.25. The van der Waals surface area contributed by atoms with Gasteiger partial charge in [-0.05, 0) is 37.5 Å². The van der Waals surface area contributed by atoms with Crippen LogP contribution in [0.4, 0.5) is 11.6 Å². The summed E-state index contributed by atoms with van der Waals surface area (Å²) in [4.78, 5) is 15.2. The molecule has 23 heavy (non-hydrogen) atoms. The second-order valence-corrected chi connectivity index (χ2v) is 6.03. The van der Waals surface area contributed by atoms with Crippen molar-refractivity contribution < 1.29 is 0 Å². The number of anilines is 2. The molecule has 1 unspecified atom stereocenters. The van der Waals surface area contributed by atoms with Crippen LogP contribution < -0.4 is 10.6 Å². The number of aromatic amines is 1. The summed E-state index contributed by atoms with van der Waals surface area (Å²) in [5.41, 5.74) is 9.77. The molecule has 0 aliphatic carbocycles. The fraction of sp³-hybridized carbons (Fsp3) is 0.375. The van der Waals surface area contributed by atoms with Gasteiger partial charge in [0.15, 0.2) is 5.82 Å². The normalized spacial score (nSPS) is 18.5. The fourth-order valence-electron chi connectivity index (χ4n) is 3.31. The first-order chi connectivity index (χ1) is 11.2. The Morgan fingerprint density at radius 3 is 3.04 bits per heavy atom. The van der Waals surface area contributed by atoms with Crippen LogP contribution in [0, 0.1) is 6.92 Å². The Labute approximate surface area is 134 Å². The van der Waals surface area contributed by atoms with Crippen LogP contribution in [-0.4, -0.2) is 38.2 Å². The Balaban J connectivity index is 1.65. The summed E-state index contributed by atoms with van der Waals surface area (Å²) >= 11 is 0. The van der Waals surface area contributed by atoms with E-state index in [0.717, 1.165) is 37.3 Å². The number of aromatic nitrogens is 5. The number of nitrogens with zero attached hydrogens (tertiary/aromatic N) is 5. The van der Waals surface area contributed by atoms with Crippen LogP contribution in [0.5, 0.6) is 0 Å². The van der Waals surface area contributed by atoms with Gasteiger partial charge in [0.1, 0.15) is 17.7 Å². The number of hydrogen-bond acceptors (Lipinski definition) is 6. The van der Waals surface area contributed by atoms with E-state index in [1.54, 1.807) is 0 Å². The Kier molecular flexibility index (Phi) is 3.33. The second-order valence-electron chi connectivity index (χ2n) is 6.03. The highest BCUT2D eigenvalue weighted by atomic mass is 15.2. The summed E-state index contributed by atoms with van der Waals surface area (Å²) in [7, 11) is 0. The lowest BCUT2D eigenvalue weighted by molar-refractivity contribution is 0.497. The van der Waals surface area contributed by atoms with Gasteiger partial charge in [-0.3, -0.25) is 5.10 Å². The lowest BCUT2D eigenvalue weighted by Gasteiger charge is -2.33. The molecule has 1 atom stereocenters. The first-order valence-electron chi connectivity index (χ1n) is 7.85. The van der Waals surface area contributed by atoms with Gasteiger partial charge in [0.2, 0.25) is 0 Å². The van der Waals surface area contributed by atoms with Crippen molar-refractivity contribution in [2.24, 2.45) is 0 Å². The van der Waals surface area contributed by atoms with Crippen molar-refractivity contribution in [2.45, 2.75) is 25.7 Å². The summed E-state index contributed by atoms with van der Waals surface area (Å²) in [5, 5.41) is 7.38. The zero-order valence-corrected chi connectivity index (χ0v) is 13.0. The highest BCUT2D eigenvalue weighted by molar-refractivity contribution is 5.84. The third-order valence-electron chi connectivity index (χ3n) is 4.50. The van der Waals surface area contributed by atoms with Crippen molar-refractivity contribution in [3.05, 3.63) is 35.9 Å². The molecule has 0 radical (unpaired) electrons. The van der Waals surface area contributed by atoms with Crippen LogP contribution in [0.1, 0.15) is 30.0 Å². The topological polar surface area (TPSA) is 96.6 Å². The molecule has 0 saturated carbocycles. The molecule has 1 aliphatic heterocycles. The van der Waals surface area contributed by atoms with Crippen molar-refractivity contribution in [2.75, 3.05) is 23.7 Å². The highest BCUT2D eigenvalue weighted by Crippen LogP contribution is 2.30. The number of rotatable bonds is 2. The van der Waals surface area contributed by atoms with Gasteiger partial charge in [0.25, 0.3) is 0 Å². The summed E-state index contributed by atoms with van der Waals surface area (Å²) in [5.74, 6) is 1.78. The van der Waals surface area contributed by atoms with Crippen molar-refractivity contribution >= 4 is 22.7 Å². The fourth-order valence-corrected chi connectivity index (χ4v) is 3.31. The van der Waals surface area contributed by atoms with E-state index in [0.29, 0.717) is 17.3 Å². The predicted molar refractivity (Wildman–Crippen MR) is 89.3 cm³/mol. The largest absolute Gasteiger partial charge is 0.382 e. The maximum Gasteiger partial charge on any atom is 0.153 e. The van der Waals surface area contributed by atoms with E-state index in [2.05, 4.69) is 37.0 Å². The van der Waals surface area contributed by atoms with E-state index >= 15 is 0 Å². The van der Waals surface area contributed by atoms with Crippen LogP contribution in [0.3, 0.4) is 0 Å². The quantitative estimate of drug-likeness (QED) is 0.752. The van der Waals surface area contributed by atoms with Crippen LogP contribution in [0.2, 0.25) is 0 Å². The van der Waals surface area contributed by atoms with Gasteiger partial charge >= 0.3 is 0 Å². The SMILES string of the molecule is Cc1c[nH]nc1C1CCCN(c2ccc3ncnc(N)c3n2)C1. The maximum atomic E-state index is 5.93. The maximum absolute atomic E-state index is 5.93. The predicted octanol–water partition coefficient (Wildman–Crippen LogP) is 2.02. The molecule has 4 rings (SSSR count). The summed E-state index contributed by atoms with van der Waals surface area (Å²) in [6.07, 6.45) is 5.70. The van der Waals surface area contributed by atoms with E-state index in [9.17, 15) is 0 Å². The van der Waals surface area contributed by atoms with Gasteiger partial charge in [-0.1, -0.05) is 0 Å². The van der Waals surface area contributed by atoms with Crippen LogP contribution in [-0.2, 0) is 0 Å². The number of piperidine rings is 1. The number of aryl methyl sites for hydroxylation is 1. The summed E-state index contributed by atoms with van der Waals surface area (Å²) < 4.78 is 0. The first kappa shape index (κ1) is 13.9. The van der Waals surface area contributed by atoms with Crippen molar-refractivity contribution in [1.29, 1.82) is 0 Å². The monoisotopic (exact) mass is 309 g/mol. The molecule has 118 valence electrons. The Morgan fingerprint density at radius 1 is 1.30 bits per heavy atom. The first-order valence-corrected chi connectivity index (χ1v) is 7.85. The van der Waals surface area contributed by atoms with Gasteiger partial charge in [0, 0.05) is 25.2 Å². The molecule has 3 aromatic heterocycles. The number of nitrogens with two attached hydrogens (primary N) is 1. The molecule has 1 fully saturated rings. The van der Waals surface area contributed by atoms with Crippen LogP contribution in [0.25, 0.3) is 11.0 Å². The number of hydrogen-bond donors (Lipinski definition) is 2. The van der Waals surface area contributed by atoms with E-state index in [4.69, 9.17) is 5.73 Å². The Bertz CT molecular complexity index is 841. The second kappa shape index (κ2) is 5.49. The zero-order chi connectivity index (χ0) is 15.8. The van der Waals surface area contributed by atoms with Gasteiger partial charge < -0.3 is 10.6 Å². The van der Waals surface area contributed by atoms with Crippen molar-refractivity contribution in [1.82, 2.24) is 25.1 Å². The molecular formula is C16H19N7. The average Bonchev–Trinajstić information content (AvgIpc) is 3.01. The average molecular weight is 309 g/mol. The Morgan fingerprint density at radius 2 is 2.22 bits per heavy atom. The lowest BCUT2D eigenvalue weighted by atomic mass is 9.93. The van der Waals surface area contributed by atoms with Gasteiger partial charge in [-0.2, -0.15) is 5.10 Å². The number of H-pyrrole nitrogens is 1. The minimum Gasteiger partial charge on any atom is -0.382 e. The Hall–Kier alpha value is -2.70. The molecule has 0 spiro atoms. The smallest absolute Gasteiger partial charge is 0.153 e. The number of nitrogens with one attached hydrogen (secondary N) is 1. The molecule has 1 saturated heterocycles. The lowest BCUT2D eigenvalue weighted by Crippen LogP contribution is -2.35. The summed E-state index contributed by atoms with van der Waals surface area (Å²) in [6.45, 7) is 4.01. The zero-order valence-electron chi connectivity index (χ0n) is 13.0. The molecular weight excluding hydrogens is 290 g/mol. The third-order valence-corrected chi connectivity index (χ3v) is 4.50. The molecule has 0 bridgehead atoms. The van der Waals surface area contributed by atoms with Crippen molar-refractivity contribution in [3.63, 3.8) is 0 Å².